The van der Waals surface area contributed by atoms with E-state index in [1.807, 2.05) is 0 Å². The van der Waals surface area contributed by atoms with Gasteiger partial charge >= 0.3 is 0 Å². The lowest BCUT2D eigenvalue weighted by Crippen LogP contribution is -2.04. The van der Waals surface area contributed by atoms with Crippen molar-refractivity contribution in [1.29, 1.82) is 0 Å². The molecule has 0 saturated heterocycles. The van der Waals surface area contributed by atoms with Gasteiger partial charge < -0.3 is 0 Å². The molecule has 0 N–H and O–H groups in total. The second kappa shape index (κ2) is 5.29. The minimum atomic E-state index is -0.138. The Morgan fingerprint density at radius 1 is 1.18 bits per heavy atom. The van der Waals surface area contributed by atoms with Gasteiger partial charge in [-0.1, -0.05) is 11.6 Å². The molecule has 0 bridgehead atoms. The van der Waals surface area contributed by atoms with Crippen LogP contribution in [0.15, 0.2) is 45.5 Å². The van der Waals surface area contributed by atoms with Gasteiger partial charge in [-0.2, -0.15) is 0 Å². The first-order valence-corrected chi connectivity index (χ1v) is 6.65. The average molecular weight is 375 g/mol. The number of rotatable bonds is 2. The quantitative estimate of drug-likeness (QED) is 0.724. The number of halogens is 3. The number of carbonyl (C=O) groups excluding carboxylic acids is 1. The highest BCUT2D eigenvalue weighted by molar-refractivity contribution is 9.11. The van der Waals surface area contributed by atoms with Gasteiger partial charge in [-0.15, -0.1) is 0 Å². The Bertz CT molecular complexity index is 569. The summed E-state index contributed by atoms with van der Waals surface area (Å²) < 4.78 is 1.48. The topological polar surface area (TPSA) is 30.0 Å². The molecule has 1 aromatic carbocycles. The highest BCUT2D eigenvalue weighted by Gasteiger charge is 2.14. The molecule has 2 rings (SSSR count). The van der Waals surface area contributed by atoms with Crippen molar-refractivity contribution in [3.05, 3.63) is 61.8 Å². The molecular formula is C12H6Br2ClNO. The number of nitrogens with zero attached hydrogens (tertiary/aromatic N) is 1. The van der Waals surface area contributed by atoms with E-state index in [0.29, 0.717) is 20.8 Å². The van der Waals surface area contributed by atoms with Gasteiger partial charge in [0.05, 0.1) is 0 Å². The number of hydrogen-bond acceptors (Lipinski definition) is 2. The van der Waals surface area contributed by atoms with Crippen LogP contribution in [0.3, 0.4) is 0 Å². The maximum atomic E-state index is 12.1. The second-order valence-electron chi connectivity index (χ2n) is 3.32. The van der Waals surface area contributed by atoms with E-state index in [1.165, 1.54) is 0 Å². The van der Waals surface area contributed by atoms with E-state index in [9.17, 15) is 4.79 Å². The van der Waals surface area contributed by atoms with Gasteiger partial charge in [0.25, 0.3) is 0 Å². The maximum Gasteiger partial charge on any atom is 0.212 e. The van der Waals surface area contributed by atoms with Crippen molar-refractivity contribution in [2.45, 2.75) is 0 Å². The van der Waals surface area contributed by atoms with Gasteiger partial charge in [0.2, 0.25) is 5.78 Å². The van der Waals surface area contributed by atoms with Crippen LogP contribution in [0.25, 0.3) is 0 Å². The van der Waals surface area contributed by atoms with Crippen molar-refractivity contribution in [3.8, 4) is 0 Å². The van der Waals surface area contributed by atoms with Crippen molar-refractivity contribution < 1.29 is 4.79 Å². The van der Waals surface area contributed by atoms with Crippen LogP contribution in [0.2, 0.25) is 5.02 Å². The number of carbonyl (C=O) groups is 1. The van der Waals surface area contributed by atoms with Crippen molar-refractivity contribution in [1.82, 2.24) is 4.98 Å². The van der Waals surface area contributed by atoms with E-state index in [4.69, 9.17) is 11.6 Å². The number of aromatic nitrogens is 1. The van der Waals surface area contributed by atoms with Crippen LogP contribution in [0.5, 0.6) is 0 Å². The highest BCUT2D eigenvalue weighted by Crippen LogP contribution is 2.22. The zero-order valence-corrected chi connectivity index (χ0v) is 12.4. The molecule has 0 saturated carbocycles. The molecule has 1 heterocycles. The summed E-state index contributed by atoms with van der Waals surface area (Å²) in [5.41, 5.74) is 0.945. The van der Waals surface area contributed by atoms with Gasteiger partial charge in [0, 0.05) is 25.7 Å². The molecule has 0 unspecified atom stereocenters. The van der Waals surface area contributed by atoms with Crippen LogP contribution in [0.1, 0.15) is 16.1 Å². The molecule has 0 aliphatic carbocycles. The Hall–Kier alpha value is -0.710. The lowest BCUT2D eigenvalue weighted by atomic mass is 10.1. The lowest BCUT2D eigenvalue weighted by Gasteiger charge is -2.03. The number of pyridine rings is 1. The number of ketones is 1. The summed E-state index contributed by atoms with van der Waals surface area (Å²) in [6, 6.07) is 8.51. The molecule has 2 nitrogen and oxygen atoms in total. The van der Waals surface area contributed by atoms with Crippen LogP contribution < -0.4 is 0 Å². The Kier molecular flexibility index (Phi) is 3.97. The zero-order valence-electron chi connectivity index (χ0n) is 8.45. The van der Waals surface area contributed by atoms with Crippen molar-refractivity contribution >= 4 is 49.2 Å². The van der Waals surface area contributed by atoms with Crippen LogP contribution in [-0.2, 0) is 0 Å². The first kappa shape index (κ1) is 12.7. The summed E-state index contributed by atoms with van der Waals surface area (Å²) in [5.74, 6) is -0.138. The third kappa shape index (κ3) is 2.94. The fourth-order valence-corrected chi connectivity index (χ4v) is 2.61. The molecule has 0 radical (unpaired) electrons. The largest absolute Gasteiger partial charge is 0.287 e. The monoisotopic (exact) mass is 373 g/mol. The second-order valence-corrected chi connectivity index (χ2v) is 5.53. The number of hydrogen-bond donors (Lipinski definition) is 0. The predicted molar refractivity (Wildman–Crippen MR) is 74.5 cm³/mol. The molecule has 2 aromatic rings. The van der Waals surface area contributed by atoms with Gasteiger partial charge in [-0.05, 0) is 62.2 Å². The van der Waals surface area contributed by atoms with E-state index < -0.39 is 0 Å². The molecule has 17 heavy (non-hydrogen) atoms. The predicted octanol–water partition coefficient (Wildman–Crippen LogP) is 4.49. The Balaban J connectivity index is 2.40. The minimum absolute atomic E-state index is 0.138. The highest BCUT2D eigenvalue weighted by atomic mass is 79.9. The fraction of sp³-hybridized carbons (Fsp3) is 0. The zero-order chi connectivity index (χ0) is 12.4. The molecule has 0 amide bonds. The molecule has 0 aliphatic heterocycles. The fourth-order valence-electron chi connectivity index (χ4n) is 1.32. The van der Waals surface area contributed by atoms with E-state index in [1.54, 1.807) is 36.5 Å². The van der Waals surface area contributed by atoms with E-state index in [2.05, 4.69) is 36.8 Å². The molecule has 1 aromatic heterocycles. The average Bonchev–Trinajstić information content (AvgIpc) is 2.29. The summed E-state index contributed by atoms with van der Waals surface area (Å²) in [5, 5.41) is 0.601. The molecule has 86 valence electrons. The smallest absolute Gasteiger partial charge is 0.212 e. The van der Waals surface area contributed by atoms with Crippen LogP contribution in [0, 0.1) is 0 Å². The Labute approximate surface area is 120 Å². The Morgan fingerprint density at radius 3 is 2.41 bits per heavy atom. The molecule has 0 atom stereocenters. The van der Waals surface area contributed by atoms with E-state index in [-0.39, 0.29) is 5.78 Å². The van der Waals surface area contributed by atoms with Gasteiger partial charge in [-0.25, -0.2) is 0 Å². The Morgan fingerprint density at radius 2 is 1.82 bits per heavy atom. The molecule has 0 spiro atoms. The first-order valence-electron chi connectivity index (χ1n) is 4.69. The molecule has 5 heteroatoms. The van der Waals surface area contributed by atoms with Crippen molar-refractivity contribution in [2.24, 2.45) is 0 Å². The van der Waals surface area contributed by atoms with Crippen LogP contribution in [-0.4, -0.2) is 10.8 Å². The minimum Gasteiger partial charge on any atom is -0.287 e. The van der Waals surface area contributed by atoms with Gasteiger partial charge in [-0.3, -0.25) is 9.78 Å². The van der Waals surface area contributed by atoms with Crippen molar-refractivity contribution in [2.75, 3.05) is 0 Å². The third-order valence-electron chi connectivity index (χ3n) is 2.13. The maximum absolute atomic E-state index is 12.1. The van der Waals surface area contributed by atoms with Crippen LogP contribution >= 0.6 is 43.5 Å². The SMILES string of the molecule is O=C(c1ccc(Cl)cc1)c1ncc(Br)cc1Br. The van der Waals surface area contributed by atoms with Crippen molar-refractivity contribution in [3.63, 3.8) is 0 Å². The molecule has 0 aliphatic rings. The first-order chi connectivity index (χ1) is 8.08. The lowest BCUT2D eigenvalue weighted by molar-refractivity contribution is 0.103. The van der Waals surface area contributed by atoms with Gasteiger partial charge in [0.15, 0.2) is 0 Å². The normalized spacial score (nSPS) is 10.3. The summed E-state index contributed by atoms with van der Waals surface area (Å²) >= 11 is 12.4. The standard InChI is InChI=1S/C12H6Br2ClNO/c13-8-5-10(14)11(16-6-8)12(17)7-1-3-9(15)4-2-7/h1-6H. The summed E-state index contributed by atoms with van der Waals surface area (Å²) in [6.07, 6.45) is 1.59. The van der Waals surface area contributed by atoms with Gasteiger partial charge in [0.1, 0.15) is 5.69 Å². The summed E-state index contributed by atoms with van der Waals surface area (Å²) in [7, 11) is 0. The van der Waals surface area contributed by atoms with E-state index >= 15 is 0 Å². The molecular weight excluding hydrogens is 369 g/mol. The summed E-state index contributed by atoms with van der Waals surface area (Å²) in [4.78, 5) is 16.2. The van der Waals surface area contributed by atoms with Crippen LogP contribution in [0.4, 0.5) is 0 Å². The van der Waals surface area contributed by atoms with E-state index in [0.717, 1.165) is 4.47 Å². The number of benzene rings is 1. The third-order valence-corrected chi connectivity index (χ3v) is 3.42. The molecule has 0 fully saturated rings. The summed E-state index contributed by atoms with van der Waals surface area (Å²) in [6.45, 7) is 0.